The summed E-state index contributed by atoms with van der Waals surface area (Å²) in [5, 5.41) is 0. The van der Waals surface area contributed by atoms with Gasteiger partial charge in [0.1, 0.15) is 5.88 Å². The fourth-order valence-electron chi connectivity index (χ4n) is 1.18. The van der Waals surface area contributed by atoms with E-state index in [1.165, 1.54) is 0 Å². The van der Waals surface area contributed by atoms with Crippen molar-refractivity contribution in [3.8, 4) is 0 Å². The van der Waals surface area contributed by atoms with Gasteiger partial charge in [-0.05, 0) is 12.1 Å². The maximum Gasteiger partial charge on any atom is 0.284 e. The summed E-state index contributed by atoms with van der Waals surface area (Å²) in [6.45, 7) is 0. The molecule has 0 unspecified atom stereocenters. The van der Waals surface area contributed by atoms with Gasteiger partial charge in [-0.15, -0.1) is 11.6 Å². The molecule has 3 heteroatoms. The largest absolute Gasteiger partial charge is 1.00 e. The van der Waals surface area contributed by atoms with E-state index in [-0.39, 0.29) is 12.4 Å². The third kappa shape index (κ3) is 2.11. The molecule has 0 saturated heterocycles. The first kappa shape index (κ1) is 10.3. The predicted molar refractivity (Wildman–Crippen MR) is 53.0 cm³/mol. The molecule has 0 aromatic heterocycles. The number of alkyl halides is 1. The molecule has 1 aromatic carbocycles. The predicted octanol–water partition coefficient (Wildman–Crippen LogP) is -0.635. The summed E-state index contributed by atoms with van der Waals surface area (Å²) in [7, 11) is 0. The van der Waals surface area contributed by atoms with Crippen molar-refractivity contribution >= 4 is 29.1 Å². The van der Waals surface area contributed by atoms with Crippen molar-refractivity contribution in [2.75, 3.05) is 5.88 Å². The lowest BCUT2D eigenvalue weighted by Crippen LogP contribution is -3.00. The van der Waals surface area contributed by atoms with Gasteiger partial charge >= 0.3 is 0 Å². The van der Waals surface area contributed by atoms with Crippen molar-refractivity contribution in [3.63, 3.8) is 0 Å². The Morgan fingerprint density at radius 1 is 1.15 bits per heavy atom. The van der Waals surface area contributed by atoms with Crippen LogP contribution in [-0.4, -0.2) is 11.6 Å². The number of aliphatic imine (C=N–C) groups is 1. The molecule has 0 N–H and O–H groups in total. The zero-order chi connectivity index (χ0) is 8.39. The second kappa shape index (κ2) is 4.45. The summed E-state index contributed by atoms with van der Waals surface area (Å²) in [5.74, 6) is 0.477. The zero-order valence-electron chi connectivity index (χ0n) is 6.87. The van der Waals surface area contributed by atoms with Crippen LogP contribution in [0, 0.1) is 0 Å². The quantitative estimate of drug-likeness (QED) is 0.551. The van der Waals surface area contributed by atoms with Crippen LogP contribution in [0.3, 0.4) is 0 Å². The van der Waals surface area contributed by atoms with E-state index in [9.17, 15) is 0 Å². The van der Waals surface area contributed by atoms with Crippen LogP contribution in [0.25, 0.3) is 6.08 Å². The molecular formula is C10H8Cl2N. The fourth-order valence-corrected chi connectivity index (χ4v) is 1.33. The molecule has 1 aliphatic heterocycles. The SMILES string of the molecule is ClCC1=[N+]c2ccccc2C=C1.[Cl-]. The van der Waals surface area contributed by atoms with Gasteiger partial charge in [0.2, 0.25) is 0 Å². The van der Waals surface area contributed by atoms with E-state index in [4.69, 9.17) is 11.6 Å². The Hall–Kier alpha value is -0.790. The van der Waals surface area contributed by atoms with Gasteiger partial charge in [0.05, 0.1) is 10.6 Å². The van der Waals surface area contributed by atoms with Crippen molar-refractivity contribution < 1.29 is 12.4 Å². The maximum atomic E-state index is 5.66. The summed E-state index contributed by atoms with van der Waals surface area (Å²) in [4.78, 5) is 4.36. The highest BCUT2D eigenvalue weighted by atomic mass is 35.5. The van der Waals surface area contributed by atoms with Gasteiger partial charge in [0.25, 0.3) is 11.4 Å². The van der Waals surface area contributed by atoms with Crippen LogP contribution in [0.15, 0.2) is 30.3 Å². The van der Waals surface area contributed by atoms with Crippen LogP contribution in [0.4, 0.5) is 5.69 Å². The minimum Gasteiger partial charge on any atom is -1.00 e. The van der Waals surface area contributed by atoms with E-state index >= 15 is 0 Å². The molecule has 1 aliphatic rings. The molecule has 0 atom stereocenters. The highest BCUT2D eigenvalue weighted by Crippen LogP contribution is 2.18. The number of allylic oxidation sites excluding steroid dienone is 1. The summed E-state index contributed by atoms with van der Waals surface area (Å²) in [5.41, 5.74) is 3.09. The number of nitrogens with zero attached hydrogens (tertiary/aromatic N) is 1. The molecule has 0 saturated carbocycles. The molecule has 1 aromatic rings. The second-order valence-electron chi connectivity index (χ2n) is 2.63. The normalized spacial score (nSPS) is 12.8. The number of fused-ring (bicyclic) bond motifs is 1. The number of para-hydroxylation sites is 1. The van der Waals surface area contributed by atoms with E-state index < -0.39 is 0 Å². The molecule has 67 valence electrons. The molecule has 0 fully saturated rings. The van der Waals surface area contributed by atoms with Gasteiger partial charge in [0, 0.05) is 12.1 Å². The molecule has 1 nitrogen and oxygen atoms in total. The standard InChI is InChI=1S/C10H8ClN.ClH/c11-7-9-6-5-8-3-1-2-4-10(8)12-9;/h1-6H,7H2;1H/q+1;/p-1. The minimum absolute atomic E-state index is 0. The summed E-state index contributed by atoms with van der Waals surface area (Å²) in [6, 6.07) is 8.02. The molecule has 1 heterocycles. The monoisotopic (exact) mass is 212 g/mol. The second-order valence-corrected chi connectivity index (χ2v) is 2.90. The van der Waals surface area contributed by atoms with Crippen LogP contribution in [-0.2, 0) is 0 Å². The van der Waals surface area contributed by atoms with Crippen molar-refractivity contribution in [2.24, 2.45) is 0 Å². The van der Waals surface area contributed by atoms with Crippen molar-refractivity contribution in [1.82, 2.24) is 4.99 Å². The Bertz CT molecular complexity index is 356. The van der Waals surface area contributed by atoms with Crippen LogP contribution in [0.1, 0.15) is 5.56 Å². The number of halogens is 2. The highest BCUT2D eigenvalue weighted by molar-refractivity contribution is 6.31. The van der Waals surface area contributed by atoms with E-state index in [0.717, 1.165) is 17.0 Å². The van der Waals surface area contributed by atoms with Gasteiger partial charge in [-0.1, -0.05) is 12.1 Å². The Morgan fingerprint density at radius 2 is 1.92 bits per heavy atom. The number of rotatable bonds is 1. The first-order chi connectivity index (χ1) is 5.90. The van der Waals surface area contributed by atoms with Crippen molar-refractivity contribution in [2.45, 2.75) is 0 Å². The van der Waals surface area contributed by atoms with E-state index in [1.807, 2.05) is 36.4 Å². The molecule has 0 spiro atoms. The average Bonchev–Trinajstić information content (AvgIpc) is 2.17. The third-order valence-electron chi connectivity index (χ3n) is 1.79. The van der Waals surface area contributed by atoms with Crippen LogP contribution >= 0.6 is 11.6 Å². The highest BCUT2D eigenvalue weighted by Gasteiger charge is 2.16. The smallest absolute Gasteiger partial charge is 0.284 e. The number of benzene rings is 1. The number of hydrogen-bond acceptors (Lipinski definition) is 1. The molecular weight excluding hydrogens is 205 g/mol. The summed E-state index contributed by atoms with van der Waals surface area (Å²) in [6.07, 6.45) is 4.00. The molecule has 0 aliphatic carbocycles. The first-order valence-corrected chi connectivity index (χ1v) is 4.34. The summed E-state index contributed by atoms with van der Waals surface area (Å²) < 4.78 is 0. The lowest BCUT2D eigenvalue weighted by atomic mass is 10.1. The van der Waals surface area contributed by atoms with Gasteiger partial charge in [-0.2, -0.15) is 0 Å². The minimum atomic E-state index is 0. The Labute approximate surface area is 88.5 Å². The average molecular weight is 213 g/mol. The fraction of sp³-hybridized carbons (Fsp3) is 0.100. The van der Waals surface area contributed by atoms with E-state index in [0.29, 0.717) is 5.88 Å². The van der Waals surface area contributed by atoms with Gasteiger partial charge in [-0.25, -0.2) is 0 Å². The van der Waals surface area contributed by atoms with Gasteiger partial charge < -0.3 is 12.4 Å². The van der Waals surface area contributed by atoms with Crippen molar-refractivity contribution in [1.29, 1.82) is 0 Å². The molecule has 0 amide bonds. The molecule has 1 radical (unpaired) electrons. The van der Waals surface area contributed by atoms with E-state index in [2.05, 4.69) is 4.99 Å². The van der Waals surface area contributed by atoms with Crippen LogP contribution in [0.2, 0.25) is 0 Å². The summed E-state index contributed by atoms with van der Waals surface area (Å²) >= 11 is 5.66. The Kier molecular flexibility index (Phi) is 3.52. The topological polar surface area (TPSA) is 14.1 Å². The molecule has 0 bridgehead atoms. The first-order valence-electron chi connectivity index (χ1n) is 3.81. The maximum absolute atomic E-state index is 5.66. The Balaban J connectivity index is 0.000000845. The number of hydrogen-bond donors (Lipinski definition) is 0. The third-order valence-corrected chi connectivity index (χ3v) is 2.07. The lowest BCUT2D eigenvalue weighted by Gasteiger charge is -1.94. The van der Waals surface area contributed by atoms with Gasteiger partial charge in [-0.3, -0.25) is 0 Å². The lowest BCUT2D eigenvalue weighted by molar-refractivity contribution is -0.00000235. The zero-order valence-corrected chi connectivity index (χ0v) is 8.39. The van der Waals surface area contributed by atoms with Crippen LogP contribution < -0.4 is 17.4 Å². The molecule has 2 rings (SSSR count). The molecule has 13 heavy (non-hydrogen) atoms. The van der Waals surface area contributed by atoms with Crippen LogP contribution in [0.5, 0.6) is 0 Å². The van der Waals surface area contributed by atoms with Crippen molar-refractivity contribution in [3.05, 3.63) is 35.9 Å². The van der Waals surface area contributed by atoms with Gasteiger partial charge in [0.15, 0.2) is 0 Å². The van der Waals surface area contributed by atoms with E-state index in [1.54, 1.807) is 0 Å². The Morgan fingerprint density at radius 3 is 2.69 bits per heavy atom.